The summed E-state index contributed by atoms with van der Waals surface area (Å²) in [5.41, 5.74) is 7.77. The van der Waals surface area contributed by atoms with E-state index in [0.717, 1.165) is 0 Å². The van der Waals surface area contributed by atoms with Crippen LogP contribution in [0.5, 0.6) is 0 Å². The number of aromatic nitrogens is 1. The van der Waals surface area contributed by atoms with Gasteiger partial charge in [0.1, 0.15) is 11.9 Å². The van der Waals surface area contributed by atoms with E-state index in [1.807, 2.05) is 6.92 Å². The fourth-order valence-electron chi connectivity index (χ4n) is 3.31. The molecule has 0 saturated carbocycles. The number of rotatable bonds is 9. The number of carboxylic acid groups (broad SMARTS) is 1. The van der Waals surface area contributed by atoms with E-state index in [9.17, 15) is 19.1 Å². The van der Waals surface area contributed by atoms with Crippen LogP contribution in [0.2, 0.25) is 10.0 Å². The molecule has 0 aliphatic rings. The monoisotopic (exact) mass is 493 g/mol. The largest absolute Gasteiger partial charge is 0.480 e. The number of halogens is 3. The van der Waals surface area contributed by atoms with E-state index >= 15 is 0 Å². The standard InChI is InChI=1S/C23H22Cl2FN3O4/c1-2-15-11-21(33-29-15)22(30)28-16(10-20(27)23(31)32)7-13-4-3-12(8-18(13)25)17-9-14(24)5-6-19(17)26/h3-6,8-9,11,16,20H,2,7,10,27H2,1H3,(H,28,30)(H,31,32)/t16-,20-/m1/s1. The Labute approximate surface area is 199 Å². The highest BCUT2D eigenvalue weighted by Crippen LogP contribution is 2.30. The van der Waals surface area contributed by atoms with Crippen molar-refractivity contribution in [2.75, 3.05) is 0 Å². The molecule has 174 valence electrons. The van der Waals surface area contributed by atoms with E-state index in [1.165, 1.54) is 24.3 Å². The normalized spacial score (nSPS) is 12.9. The SMILES string of the molecule is CCc1cc(C(=O)N[C@H](Cc2ccc(-c3cc(Cl)ccc3F)cc2Cl)C[C@@H](N)C(=O)O)on1. The van der Waals surface area contributed by atoms with Crippen LogP contribution < -0.4 is 11.1 Å². The molecule has 10 heteroatoms. The molecule has 0 saturated heterocycles. The minimum atomic E-state index is -1.20. The minimum absolute atomic E-state index is 0.0126. The first kappa shape index (κ1) is 24.7. The quantitative estimate of drug-likeness (QED) is 0.403. The number of carbonyl (C=O) groups is 2. The molecule has 0 unspecified atom stereocenters. The molecular weight excluding hydrogens is 472 g/mol. The van der Waals surface area contributed by atoms with Crippen molar-refractivity contribution in [2.45, 2.75) is 38.3 Å². The number of hydrogen-bond donors (Lipinski definition) is 3. The van der Waals surface area contributed by atoms with E-state index in [2.05, 4.69) is 10.5 Å². The Kier molecular flexibility index (Phi) is 8.07. The predicted octanol–water partition coefficient (Wildman–Crippen LogP) is 4.49. The molecule has 0 aliphatic heterocycles. The van der Waals surface area contributed by atoms with Gasteiger partial charge < -0.3 is 20.7 Å². The smallest absolute Gasteiger partial charge is 0.320 e. The zero-order valence-electron chi connectivity index (χ0n) is 17.6. The second-order valence-corrected chi connectivity index (χ2v) is 8.36. The third-order valence-electron chi connectivity index (χ3n) is 5.09. The molecule has 3 rings (SSSR count). The summed E-state index contributed by atoms with van der Waals surface area (Å²) in [6.07, 6.45) is 0.745. The highest BCUT2D eigenvalue weighted by Gasteiger charge is 2.24. The van der Waals surface area contributed by atoms with Gasteiger partial charge in [0.25, 0.3) is 5.91 Å². The molecule has 0 aliphatic carbocycles. The van der Waals surface area contributed by atoms with Crippen LogP contribution in [0.25, 0.3) is 11.1 Å². The van der Waals surface area contributed by atoms with Crippen molar-refractivity contribution >= 4 is 35.1 Å². The minimum Gasteiger partial charge on any atom is -0.480 e. The van der Waals surface area contributed by atoms with Gasteiger partial charge in [-0.2, -0.15) is 0 Å². The fraction of sp³-hybridized carbons (Fsp3) is 0.261. The van der Waals surface area contributed by atoms with Crippen molar-refractivity contribution in [3.63, 3.8) is 0 Å². The number of aryl methyl sites for hydroxylation is 1. The zero-order chi connectivity index (χ0) is 24.1. The lowest BCUT2D eigenvalue weighted by Gasteiger charge is -2.21. The Morgan fingerprint density at radius 3 is 2.61 bits per heavy atom. The molecule has 1 aromatic heterocycles. The molecule has 3 aromatic rings. The molecule has 7 nitrogen and oxygen atoms in total. The van der Waals surface area contributed by atoms with Crippen LogP contribution in [0, 0.1) is 5.82 Å². The van der Waals surface area contributed by atoms with Crippen LogP contribution in [0.15, 0.2) is 47.0 Å². The number of hydrogen-bond acceptors (Lipinski definition) is 5. The van der Waals surface area contributed by atoms with E-state index < -0.39 is 29.8 Å². The number of nitrogens with one attached hydrogen (secondary N) is 1. The Hall–Kier alpha value is -2.94. The molecule has 0 spiro atoms. The van der Waals surface area contributed by atoms with Gasteiger partial charge in [-0.25, -0.2) is 4.39 Å². The fourth-order valence-corrected chi connectivity index (χ4v) is 3.74. The summed E-state index contributed by atoms with van der Waals surface area (Å²) in [6, 6.07) is 8.83. The lowest BCUT2D eigenvalue weighted by Crippen LogP contribution is -2.43. The molecule has 1 heterocycles. The molecule has 0 bridgehead atoms. The van der Waals surface area contributed by atoms with Gasteiger partial charge in [-0.05, 0) is 54.7 Å². The molecular formula is C23H22Cl2FN3O4. The number of amides is 1. The van der Waals surface area contributed by atoms with Crippen LogP contribution >= 0.6 is 23.2 Å². The summed E-state index contributed by atoms with van der Waals surface area (Å²) in [6.45, 7) is 1.87. The third kappa shape index (κ3) is 6.31. The van der Waals surface area contributed by atoms with Crippen molar-refractivity contribution in [1.82, 2.24) is 10.5 Å². The van der Waals surface area contributed by atoms with Gasteiger partial charge in [0, 0.05) is 27.7 Å². The summed E-state index contributed by atoms with van der Waals surface area (Å²) in [7, 11) is 0. The van der Waals surface area contributed by atoms with Crippen molar-refractivity contribution in [3.05, 3.63) is 75.3 Å². The van der Waals surface area contributed by atoms with Gasteiger partial charge in [0.05, 0.1) is 5.69 Å². The summed E-state index contributed by atoms with van der Waals surface area (Å²) < 4.78 is 19.3. The highest BCUT2D eigenvalue weighted by molar-refractivity contribution is 6.32. The maximum absolute atomic E-state index is 14.2. The number of aliphatic carboxylic acids is 1. The van der Waals surface area contributed by atoms with Crippen LogP contribution in [0.1, 0.15) is 35.2 Å². The lowest BCUT2D eigenvalue weighted by atomic mass is 9.97. The van der Waals surface area contributed by atoms with Crippen LogP contribution in [-0.2, 0) is 17.6 Å². The zero-order valence-corrected chi connectivity index (χ0v) is 19.2. The van der Waals surface area contributed by atoms with Gasteiger partial charge in [-0.3, -0.25) is 9.59 Å². The summed E-state index contributed by atoms with van der Waals surface area (Å²) >= 11 is 12.4. The average molecular weight is 494 g/mol. The molecule has 4 N–H and O–H groups in total. The second kappa shape index (κ2) is 10.8. The van der Waals surface area contributed by atoms with Crippen molar-refractivity contribution in [2.24, 2.45) is 5.73 Å². The van der Waals surface area contributed by atoms with Gasteiger partial charge in [-0.1, -0.05) is 47.4 Å². The molecule has 1 amide bonds. The molecule has 2 atom stereocenters. The van der Waals surface area contributed by atoms with Crippen molar-refractivity contribution in [3.8, 4) is 11.1 Å². The Balaban J connectivity index is 1.83. The van der Waals surface area contributed by atoms with Gasteiger partial charge in [0.2, 0.25) is 5.76 Å². The van der Waals surface area contributed by atoms with E-state index in [1.54, 1.807) is 18.2 Å². The first-order chi connectivity index (χ1) is 15.7. The number of carboxylic acids is 1. The number of benzene rings is 2. The van der Waals surface area contributed by atoms with Crippen LogP contribution in [-0.4, -0.2) is 34.2 Å². The van der Waals surface area contributed by atoms with Gasteiger partial charge in [-0.15, -0.1) is 0 Å². The summed E-state index contributed by atoms with van der Waals surface area (Å²) in [4.78, 5) is 23.9. The Morgan fingerprint density at radius 2 is 1.97 bits per heavy atom. The van der Waals surface area contributed by atoms with Crippen LogP contribution in [0.4, 0.5) is 4.39 Å². The highest BCUT2D eigenvalue weighted by atomic mass is 35.5. The van der Waals surface area contributed by atoms with E-state index in [0.29, 0.717) is 38.9 Å². The Morgan fingerprint density at radius 1 is 1.21 bits per heavy atom. The number of nitrogens with two attached hydrogens (primary N) is 1. The first-order valence-electron chi connectivity index (χ1n) is 10.2. The third-order valence-corrected chi connectivity index (χ3v) is 5.68. The molecule has 0 fully saturated rings. The summed E-state index contributed by atoms with van der Waals surface area (Å²) in [5.74, 6) is -2.17. The lowest BCUT2D eigenvalue weighted by molar-refractivity contribution is -0.138. The predicted molar refractivity (Wildman–Crippen MR) is 123 cm³/mol. The molecule has 33 heavy (non-hydrogen) atoms. The Bertz CT molecular complexity index is 1170. The second-order valence-electron chi connectivity index (χ2n) is 7.52. The number of nitrogens with zero attached hydrogens (tertiary/aromatic N) is 1. The summed E-state index contributed by atoms with van der Waals surface area (Å²) in [5, 5.41) is 16.4. The van der Waals surface area contributed by atoms with E-state index in [-0.39, 0.29) is 18.6 Å². The topological polar surface area (TPSA) is 118 Å². The van der Waals surface area contributed by atoms with Crippen molar-refractivity contribution in [1.29, 1.82) is 0 Å². The van der Waals surface area contributed by atoms with E-state index in [4.69, 9.17) is 33.5 Å². The van der Waals surface area contributed by atoms with Gasteiger partial charge in [0.15, 0.2) is 0 Å². The van der Waals surface area contributed by atoms with Crippen molar-refractivity contribution < 1.29 is 23.6 Å². The average Bonchev–Trinajstić information content (AvgIpc) is 3.26. The molecule has 0 radical (unpaired) electrons. The van der Waals surface area contributed by atoms with Gasteiger partial charge >= 0.3 is 5.97 Å². The maximum atomic E-state index is 14.2. The molecule has 2 aromatic carbocycles. The first-order valence-corrected chi connectivity index (χ1v) is 10.9. The maximum Gasteiger partial charge on any atom is 0.320 e. The number of carbonyl (C=O) groups excluding carboxylic acids is 1. The van der Waals surface area contributed by atoms with Crippen LogP contribution in [0.3, 0.4) is 0 Å².